The van der Waals surface area contributed by atoms with Crippen LogP contribution < -0.4 is 0 Å². The fourth-order valence-electron chi connectivity index (χ4n) is 2.31. The summed E-state index contributed by atoms with van der Waals surface area (Å²) >= 11 is 0. The monoisotopic (exact) mass is 265 g/mol. The van der Waals surface area contributed by atoms with Crippen LogP contribution in [0, 0.1) is 10.1 Å². The highest BCUT2D eigenvalue weighted by Crippen LogP contribution is 2.36. The van der Waals surface area contributed by atoms with Gasteiger partial charge in [-0.25, -0.2) is 0 Å². The molecule has 0 aromatic heterocycles. The van der Waals surface area contributed by atoms with Crippen LogP contribution in [0.2, 0.25) is 0 Å². The average Bonchev–Trinajstić information content (AvgIpc) is 2.47. The lowest BCUT2D eigenvalue weighted by atomic mass is 9.97. The third kappa shape index (κ3) is 1.97. The molecule has 3 aromatic carbocycles. The van der Waals surface area contributed by atoms with Crippen molar-refractivity contribution >= 4 is 16.5 Å². The van der Waals surface area contributed by atoms with E-state index in [9.17, 15) is 15.2 Å². The predicted octanol–water partition coefficient (Wildman–Crippen LogP) is 4.12. The molecule has 0 fully saturated rings. The molecule has 0 saturated heterocycles. The molecule has 4 heteroatoms. The summed E-state index contributed by atoms with van der Waals surface area (Å²) in [4.78, 5) is 10.2. The Kier molecular flexibility index (Phi) is 2.84. The van der Waals surface area contributed by atoms with Gasteiger partial charge >= 0.3 is 0 Å². The van der Waals surface area contributed by atoms with Crippen molar-refractivity contribution in [2.75, 3.05) is 0 Å². The molecule has 1 N–H and O–H groups in total. The minimum absolute atomic E-state index is 0.0356. The second kappa shape index (κ2) is 4.66. The van der Waals surface area contributed by atoms with E-state index in [0.717, 1.165) is 16.3 Å². The zero-order valence-corrected chi connectivity index (χ0v) is 10.5. The minimum Gasteiger partial charge on any atom is -0.507 e. The number of nitrogens with zero attached hydrogens (tertiary/aromatic N) is 1. The van der Waals surface area contributed by atoms with Crippen LogP contribution in [0.15, 0.2) is 60.7 Å². The first-order chi connectivity index (χ1) is 9.66. The van der Waals surface area contributed by atoms with Crippen LogP contribution in [-0.2, 0) is 0 Å². The predicted molar refractivity (Wildman–Crippen MR) is 77.7 cm³/mol. The molecule has 0 atom stereocenters. The lowest BCUT2D eigenvalue weighted by Gasteiger charge is -2.09. The Hall–Kier alpha value is -2.88. The van der Waals surface area contributed by atoms with Crippen LogP contribution in [0.25, 0.3) is 21.9 Å². The van der Waals surface area contributed by atoms with Crippen LogP contribution >= 0.6 is 0 Å². The second-order valence-corrected chi connectivity index (χ2v) is 4.48. The van der Waals surface area contributed by atoms with Gasteiger partial charge in [-0.15, -0.1) is 0 Å². The summed E-state index contributed by atoms with van der Waals surface area (Å²) in [7, 11) is 0. The molecule has 3 rings (SSSR count). The number of nitro groups is 1. The largest absolute Gasteiger partial charge is 0.507 e. The fraction of sp³-hybridized carbons (Fsp3) is 0. The molecule has 3 aromatic rings. The van der Waals surface area contributed by atoms with E-state index in [-0.39, 0.29) is 11.4 Å². The molecule has 0 heterocycles. The van der Waals surface area contributed by atoms with E-state index in [0.29, 0.717) is 5.56 Å². The lowest BCUT2D eigenvalue weighted by Crippen LogP contribution is -1.88. The number of aromatic hydroxyl groups is 1. The second-order valence-electron chi connectivity index (χ2n) is 4.48. The molecule has 0 bridgehead atoms. The Labute approximate surface area is 115 Å². The molecule has 0 unspecified atom stereocenters. The van der Waals surface area contributed by atoms with Gasteiger partial charge in [-0.1, -0.05) is 30.3 Å². The number of benzene rings is 3. The molecule has 0 aliphatic heterocycles. The van der Waals surface area contributed by atoms with Crippen LogP contribution in [0.3, 0.4) is 0 Å². The Bertz CT molecular complexity index is 794. The van der Waals surface area contributed by atoms with Gasteiger partial charge in [-0.05, 0) is 34.5 Å². The number of rotatable bonds is 2. The quantitative estimate of drug-likeness (QED) is 0.560. The average molecular weight is 265 g/mol. The lowest BCUT2D eigenvalue weighted by molar-refractivity contribution is -0.384. The normalized spacial score (nSPS) is 10.6. The van der Waals surface area contributed by atoms with E-state index in [4.69, 9.17) is 0 Å². The summed E-state index contributed by atoms with van der Waals surface area (Å²) in [5.74, 6) is 0.164. The number of non-ortho nitro benzene ring substituents is 1. The highest BCUT2D eigenvalue weighted by atomic mass is 16.6. The molecule has 20 heavy (non-hydrogen) atoms. The van der Waals surface area contributed by atoms with Crippen molar-refractivity contribution in [1.82, 2.24) is 0 Å². The third-order valence-corrected chi connectivity index (χ3v) is 3.27. The van der Waals surface area contributed by atoms with Crippen molar-refractivity contribution in [2.45, 2.75) is 0 Å². The maximum Gasteiger partial charge on any atom is 0.269 e. The Morgan fingerprint density at radius 1 is 0.900 bits per heavy atom. The van der Waals surface area contributed by atoms with E-state index in [1.54, 1.807) is 18.2 Å². The van der Waals surface area contributed by atoms with Crippen molar-refractivity contribution in [1.29, 1.82) is 0 Å². The van der Waals surface area contributed by atoms with Crippen LogP contribution in [0.4, 0.5) is 5.69 Å². The zero-order chi connectivity index (χ0) is 14.1. The van der Waals surface area contributed by atoms with E-state index >= 15 is 0 Å². The van der Waals surface area contributed by atoms with Gasteiger partial charge in [0.2, 0.25) is 0 Å². The van der Waals surface area contributed by atoms with Crippen molar-refractivity contribution < 1.29 is 10.0 Å². The summed E-state index contributed by atoms with van der Waals surface area (Å²) in [5, 5.41) is 22.7. The smallest absolute Gasteiger partial charge is 0.269 e. The molecule has 0 aliphatic rings. The van der Waals surface area contributed by atoms with Gasteiger partial charge < -0.3 is 5.11 Å². The van der Waals surface area contributed by atoms with Crippen molar-refractivity contribution in [3.05, 3.63) is 70.8 Å². The standard InChI is InChI=1S/C16H11NO3/c18-15-10-7-11-3-1-2-4-14(11)16(15)12-5-8-13(9-6-12)17(19)20/h1-10,18H. The Balaban J connectivity index is 2.23. The summed E-state index contributed by atoms with van der Waals surface area (Å²) in [6.45, 7) is 0. The maximum absolute atomic E-state index is 10.7. The van der Waals surface area contributed by atoms with E-state index < -0.39 is 4.92 Å². The molecule has 0 amide bonds. The number of phenols is 1. The van der Waals surface area contributed by atoms with Gasteiger partial charge in [0, 0.05) is 17.7 Å². The molecule has 0 spiro atoms. The summed E-state index contributed by atoms with van der Waals surface area (Å²) in [6, 6.07) is 17.4. The van der Waals surface area contributed by atoms with Gasteiger partial charge in [-0.2, -0.15) is 0 Å². The van der Waals surface area contributed by atoms with E-state index in [2.05, 4.69) is 0 Å². The number of nitro benzene ring substituents is 1. The van der Waals surface area contributed by atoms with Crippen molar-refractivity contribution in [2.24, 2.45) is 0 Å². The molecular weight excluding hydrogens is 254 g/mol. The number of hydrogen-bond donors (Lipinski definition) is 1. The van der Waals surface area contributed by atoms with Crippen LogP contribution in [0.1, 0.15) is 0 Å². The molecular formula is C16H11NO3. The first-order valence-corrected chi connectivity index (χ1v) is 6.12. The molecule has 0 saturated carbocycles. The highest BCUT2D eigenvalue weighted by molar-refractivity contribution is 5.99. The van der Waals surface area contributed by atoms with Gasteiger partial charge in [0.15, 0.2) is 0 Å². The van der Waals surface area contributed by atoms with Gasteiger partial charge in [0.25, 0.3) is 5.69 Å². The molecule has 0 aliphatic carbocycles. The topological polar surface area (TPSA) is 63.4 Å². The first-order valence-electron chi connectivity index (χ1n) is 6.12. The van der Waals surface area contributed by atoms with Crippen LogP contribution in [-0.4, -0.2) is 10.0 Å². The zero-order valence-electron chi connectivity index (χ0n) is 10.5. The van der Waals surface area contributed by atoms with Crippen molar-refractivity contribution in [3.63, 3.8) is 0 Å². The van der Waals surface area contributed by atoms with Gasteiger partial charge in [0.05, 0.1) is 4.92 Å². The summed E-state index contributed by atoms with van der Waals surface area (Å²) in [6.07, 6.45) is 0. The first kappa shape index (κ1) is 12.2. The number of fused-ring (bicyclic) bond motifs is 1. The minimum atomic E-state index is -0.438. The SMILES string of the molecule is O=[N+]([O-])c1ccc(-c2c(O)ccc3ccccc23)cc1. The van der Waals surface area contributed by atoms with E-state index in [1.165, 1.54) is 12.1 Å². The number of phenolic OH excluding ortho intramolecular Hbond substituents is 1. The summed E-state index contributed by atoms with van der Waals surface area (Å²) in [5.41, 5.74) is 1.48. The molecule has 0 radical (unpaired) electrons. The van der Waals surface area contributed by atoms with Crippen molar-refractivity contribution in [3.8, 4) is 16.9 Å². The van der Waals surface area contributed by atoms with E-state index in [1.807, 2.05) is 30.3 Å². The Morgan fingerprint density at radius 2 is 1.60 bits per heavy atom. The number of hydrogen-bond acceptors (Lipinski definition) is 3. The fourth-order valence-corrected chi connectivity index (χ4v) is 2.31. The van der Waals surface area contributed by atoms with Gasteiger partial charge in [0.1, 0.15) is 5.75 Å². The highest BCUT2D eigenvalue weighted by Gasteiger charge is 2.11. The maximum atomic E-state index is 10.7. The molecule has 4 nitrogen and oxygen atoms in total. The molecule has 98 valence electrons. The summed E-state index contributed by atoms with van der Waals surface area (Å²) < 4.78 is 0. The van der Waals surface area contributed by atoms with Gasteiger partial charge in [-0.3, -0.25) is 10.1 Å². The van der Waals surface area contributed by atoms with Crippen LogP contribution in [0.5, 0.6) is 5.75 Å². The third-order valence-electron chi connectivity index (χ3n) is 3.27. The Morgan fingerprint density at radius 3 is 2.30 bits per heavy atom.